The Morgan fingerprint density at radius 1 is 1.29 bits per heavy atom. The van der Waals surface area contributed by atoms with Gasteiger partial charge in [0.15, 0.2) is 0 Å². The third-order valence-electron chi connectivity index (χ3n) is 1.59. The van der Waals surface area contributed by atoms with E-state index in [2.05, 4.69) is 29.6 Å². The fraction of sp³-hybridized carbons (Fsp3) is 0.125. The van der Waals surface area contributed by atoms with Gasteiger partial charge < -0.3 is 29.6 Å². The van der Waals surface area contributed by atoms with E-state index in [4.69, 9.17) is 4.74 Å². The van der Waals surface area contributed by atoms with E-state index < -0.39 is 10.0 Å². The van der Waals surface area contributed by atoms with E-state index in [9.17, 15) is 8.42 Å². The minimum atomic E-state index is -3.64. The summed E-state index contributed by atoms with van der Waals surface area (Å²) < 4.78 is 29.8. The van der Waals surface area contributed by atoms with Crippen molar-refractivity contribution in [3.63, 3.8) is 0 Å². The van der Waals surface area contributed by atoms with Crippen LogP contribution in [-0.2, 0) is 22.7 Å². The van der Waals surface area contributed by atoms with Crippen LogP contribution in [0.1, 0.15) is 0 Å². The van der Waals surface area contributed by atoms with Gasteiger partial charge in [-0.1, -0.05) is 4.32 Å². The van der Waals surface area contributed by atoms with Gasteiger partial charge >= 0.3 is 103 Å². The Labute approximate surface area is 197 Å². The largest absolute Gasteiger partial charge is 1.00 e. The Balaban J connectivity index is 0. The second-order valence-electron chi connectivity index (χ2n) is 2.57. The fourth-order valence-corrected chi connectivity index (χ4v) is 2.41. The van der Waals surface area contributed by atoms with Crippen LogP contribution in [0.5, 0.6) is 5.75 Å². The molecule has 17 heavy (non-hydrogen) atoms. The number of rotatable bonds is 3. The van der Waals surface area contributed by atoms with Crippen LogP contribution in [-0.4, -0.2) is 19.8 Å². The molecule has 0 saturated carbocycles. The average Bonchev–Trinajstić information content (AvgIpc) is 2.16. The molecule has 1 rings (SSSR count). The van der Waals surface area contributed by atoms with Crippen molar-refractivity contribution in [3.05, 3.63) is 24.3 Å². The summed E-state index contributed by atoms with van der Waals surface area (Å²) in [6, 6.07) is 5.91. The summed E-state index contributed by atoms with van der Waals surface area (Å²) in [5.74, 6) is 0.579. The van der Waals surface area contributed by atoms with Gasteiger partial charge in [0.2, 0.25) is 0 Å². The van der Waals surface area contributed by atoms with Crippen LogP contribution in [0.4, 0.5) is 0 Å². The molecule has 0 aliphatic carbocycles. The van der Waals surface area contributed by atoms with Crippen molar-refractivity contribution < 1.29 is 116 Å². The van der Waals surface area contributed by atoms with E-state index in [1.165, 1.54) is 19.2 Å². The zero-order chi connectivity index (χ0) is 11.5. The first-order valence-corrected chi connectivity index (χ1v) is 6.13. The van der Waals surface area contributed by atoms with E-state index in [1.807, 2.05) is 0 Å². The number of nitrogens with one attached hydrogen (secondary N) is 1. The maximum Gasteiger partial charge on any atom is 1.00 e. The predicted molar refractivity (Wildman–Crippen MR) is 63.3 cm³/mol. The zero-order valence-electron chi connectivity index (χ0n) is 9.76. The second kappa shape index (κ2) is 10.1. The molecule has 9 heteroatoms. The summed E-state index contributed by atoms with van der Waals surface area (Å²) in [6.07, 6.45) is 0. The van der Waals surface area contributed by atoms with E-state index >= 15 is 0 Å². The van der Waals surface area contributed by atoms with Crippen LogP contribution in [0.2, 0.25) is 0 Å². The van der Waals surface area contributed by atoms with Gasteiger partial charge in [0.05, 0.1) is 12.0 Å². The van der Waals surface area contributed by atoms with Crippen molar-refractivity contribution in [2.75, 3.05) is 7.11 Å². The SMILES string of the molecule is COc1ccc(S(=O)(=O)NC(=S)[S-])cc1.[K+].[K+]. The normalized spacial score (nSPS) is 9.47. The Morgan fingerprint density at radius 2 is 1.76 bits per heavy atom. The molecule has 0 amide bonds. The number of thiocarbonyl (C=S) groups is 1. The molecule has 1 N–H and O–H groups in total. The number of sulfonamides is 1. The molecule has 0 spiro atoms. The topological polar surface area (TPSA) is 55.4 Å². The van der Waals surface area contributed by atoms with Crippen molar-refractivity contribution in [2.45, 2.75) is 4.90 Å². The van der Waals surface area contributed by atoms with Gasteiger partial charge in [-0.05, 0) is 24.3 Å². The quantitative estimate of drug-likeness (QED) is 0.339. The van der Waals surface area contributed by atoms with Gasteiger partial charge in [-0.3, -0.25) is 4.72 Å². The van der Waals surface area contributed by atoms with Crippen molar-refractivity contribution in [3.8, 4) is 5.75 Å². The van der Waals surface area contributed by atoms with Crippen molar-refractivity contribution in [1.29, 1.82) is 0 Å². The van der Waals surface area contributed by atoms with Crippen LogP contribution < -0.4 is 112 Å². The van der Waals surface area contributed by atoms with Gasteiger partial charge in [-0.15, -0.1) is 0 Å². The van der Waals surface area contributed by atoms with Crippen molar-refractivity contribution >= 4 is 39.2 Å². The number of methoxy groups -OCH3 is 1. The molecule has 0 aliphatic heterocycles. The minimum Gasteiger partial charge on any atom is -0.497 e. The summed E-state index contributed by atoms with van der Waals surface area (Å²) in [5.41, 5.74) is 0. The Hall–Kier alpha value is 2.35. The summed E-state index contributed by atoms with van der Waals surface area (Å²) in [5, 5.41) is 0. The first-order chi connectivity index (χ1) is 6.95. The first kappa shape index (κ1) is 21.6. The average molecular weight is 341 g/mol. The summed E-state index contributed by atoms with van der Waals surface area (Å²) in [7, 11) is -2.14. The Bertz CT molecular complexity index is 461. The van der Waals surface area contributed by atoms with Gasteiger partial charge in [0.25, 0.3) is 10.0 Å². The number of ether oxygens (including phenoxy) is 1. The van der Waals surface area contributed by atoms with E-state index in [-0.39, 0.29) is 112 Å². The van der Waals surface area contributed by atoms with Crippen LogP contribution in [0.3, 0.4) is 0 Å². The molecule has 0 heterocycles. The van der Waals surface area contributed by atoms with Crippen LogP contribution in [0.15, 0.2) is 29.2 Å². The molecule has 0 saturated heterocycles. The molecular weight excluding hydrogens is 332 g/mol. The van der Waals surface area contributed by atoms with Gasteiger partial charge in [0, 0.05) is 0 Å². The smallest absolute Gasteiger partial charge is 0.497 e. The maximum absolute atomic E-state index is 11.5. The zero-order valence-corrected chi connectivity index (χ0v) is 18.5. The number of hydrogen-bond acceptors (Lipinski definition) is 5. The number of hydrogen-bond donors (Lipinski definition) is 1. The molecule has 0 radical (unpaired) electrons. The molecule has 4 nitrogen and oxygen atoms in total. The summed E-state index contributed by atoms with van der Waals surface area (Å²) in [6.45, 7) is 0. The van der Waals surface area contributed by atoms with Gasteiger partial charge in [-0.2, -0.15) is 0 Å². The van der Waals surface area contributed by atoms with E-state index in [0.29, 0.717) is 5.75 Å². The van der Waals surface area contributed by atoms with Crippen molar-refractivity contribution in [2.24, 2.45) is 0 Å². The standard InChI is InChI=1S/C8H9NO3S3.2K/c1-12-6-2-4-7(5-3-6)15(10,11)9-8(13)14;;/h2-5H,1H3,(H2,9,13,14);;/q;2*+1/p-1. The predicted octanol–water partition coefficient (Wildman–Crippen LogP) is -5.19. The molecule has 82 valence electrons. The fourth-order valence-electron chi connectivity index (χ4n) is 0.924. The van der Waals surface area contributed by atoms with E-state index in [1.54, 1.807) is 12.1 Å². The second-order valence-corrected chi connectivity index (χ2v) is 5.33. The monoisotopic (exact) mass is 340 g/mol. The van der Waals surface area contributed by atoms with Crippen molar-refractivity contribution in [1.82, 2.24) is 4.72 Å². The molecular formula is C8H8K2NO3S3+. The Kier molecular flexibility index (Phi) is 12.9. The Morgan fingerprint density at radius 3 is 2.12 bits per heavy atom. The van der Waals surface area contributed by atoms with Crippen LogP contribution in [0, 0.1) is 0 Å². The molecule has 0 fully saturated rings. The third-order valence-corrected chi connectivity index (χ3v) is 3.42. The summed E-state index contributed by atoms with van der Waals surface area (Å²) >= 11 is 8.98. The third kappa shape index (κ3) is 7.64. The molecule has 0 bridgehead atoms. The molecule has 0 unspecified atom stereocenters. The molecule has 0 aliphatic rings. The summed E-state index contributed by atoms with van der Waals surface area (Å²) in [4.78, 5) is 0.0931. The molecule has 0 atom stereocenters. The van der Waals surface area contributed by atoms with Gasteiger partial charge in [-0.25, -0.2) is 8.42 Å². The maximum atomic E-state index is 11.5. The minimum absolute atomic E-state index is 0. The van der Waals surface area contributed by atoms with Crippen LogP contribution in [0.25, 0.3) is 0 Å². The molecule has 1 aromatic carbocycles. The first-order valence-electron chi connectivity index (χ1n) is 3.83. The number of benzene rings is 1. The van der Waals surface area contributed by atoms with E-state index in [0.717, 1.165) is 0 Å². The molecule has 1 aromatic rings. The van der Waals surface area contributed by atoms with Crippen LogP contribution >= 0.6 is 12.2 Å². The molecule has 0 aromatic heterocycles. The van der Waals surface area contributed by atoms with Gasteiger partial charge in [0.1, 0.15) is 5.75 Å².